The van der Waals surface area contributed by atoms with Crippen LogP contribution in [0.3, 0.4) is 0 Å². The first-order chi connectivity index (χ1) is 12.8. The number of methoxy groups -OCH3 is 1. The third-order valence-corrected chi connectivity index (χ3v) is 5.30. The lowest BCUT2D eigenvalue weighted by molar-refractivity contribution is -0.112. The zero-order chi connectivity index (χ0) is 19.6. The van der Waals surface area contributed by atoms with Gasteiger partial charge in [0, 0.05) is 6.42 Å². The fourth-order valence-corrected chi connectivity index (χ4v) is 3.87. The summed E-state index contributed by atoms with van der Waals surface area (Å²) in [7, 11) is 1.57. The second-order valence-electron chi connectivity index (χ2n) is 7.13. The molecule has 1 heterocycles. The molecule has 3 rings (SSSR count). The number of benzene rings is 1. The van der Waals surface area contributed by atoms with Gasteiger partial charge in [0.25, 0.3) is 5.91 Å². The van der Waals surface area contributed by atoms with Gasteiger partial charge in [-0.2, -0.15) is 5.26 Å². The summed E-state index contributed by atoms with van der Waals surface area (Å²) in [6, 6.07) is 8.92. The number of hydrogen-bond acceptors (Lipinski definition) is 6. The smallest absolute Gasteiger partial charge is 0.268 e. The predicted octanol–water partition coefficient (Wildman–Crippen LogP) is 3.85. The molecule has 0 unspecified atom stereocenters. The van der Waals surface area contributed by atoms with E-state index < -0.39 is 5.91 Å². The minimum Gasteiger partial charge on any atom is -0.497 e. The molecule has 1 aliphatic rings. The molecular weight excluding hydrogens is 362 g/mol. The fourth-order valence-electron chi connectivity index (χ4n) is 2.95. The molecule has 0 atom stereocenters. The summed E-state index contributed by atoms with van der Waals surface area (Å²) in [4.78, 5) is 29.7. The highest BCUT2D eigenvalue weighted by Gasteiger charge is 2.34. The highest BCUT2D eigenvalue weighted by atomic mass is 32.1. The van der Waals surface area contributed by atoms with Crippen molar-refractivity contribution in [1.82, 2.24) is 4.98 Å². The van der Waals surface area contributed by atoms with Gasteiger partial charge >= 0.3 is 0 Å². The first kappa shape index (κ1) is 18.8. The van der Waals surface area contributed by atoms with E-state index in [0.29, 0.717) is 39.9 Å². The standard InChI is InChI=1S/C20H19N3O3S/c1-20(2)9-15-17(16(24)10-20)27-19(22-15)23-18(25)13(11-21)8-12-4-6-14(26-3)7-5-12/h4-8H,9-10H2,1-3H3,(H,22,23,25)/b13-8-. The molecule has 1 N–H and O–H groups in total. The number of rotatable bonds is 4. The molecule has 0 saturated heterocycles. The Morgan fingerprint density at radius 3 is 2.67 bits per heavy atom. The van der Waals surface area contributed by atoms with E-state index in [4.69, 9.17) is 4.74 Å². The fraction of sp³-hybridized carbons (Fsp3) is 0.300. The molecule has 6 nitrogen and oxygen atoms in total. The van der Waals surface area contributed by atoms with Crippen molar-refractivity contribution in [2.75, 3.05) is 12.4 Å². The monoisotopic (exact) mass is 381 g/mol. The van der Waals surface area contributed by atoms with Gasteiger partial charge in [-0.05, 0) is 35.6 Å². The summed E-state index contributed by atoms with van der Waals surface area (Å²) in [5, 5.41) is 12.3. The lowest BCUT2D eigenvalue weighted by Crippen LogP contribution is -2.26. The average Bonchev–Trinajstić information content (AvgIpc) is 3.01. The zero-order valence-corrected chi connectivity index (χ0v) is 16.1. The van der Waals surface area contributed by atoms with E-state index in [-0.39, 0.29) is 16.8 Å². The number of nitriles is 1. The number of carbonyl (C=O) groups is 2. The molecule has 1 amide bonds. The van der Waals surface area contributed by atoms with E-state index in [1.807, 2.05) is 19.9 Å². The van der Waals surface area contributed by atoms with Gasteiger partial charge in [0.2, 0.25) is 0 Å². The van der Waals surface area contributed by atoms with Crippen LogP contribution in [0.4, 0.5) is 5.13 Å². The van der Waals surface area contributed by atoms with Crippen LogP contribution < -0.4 is 10.1 Å². The number of fused-ring (bicyclic) bond motifs is 1. The summed E-state index contributed by atoms with van der Waals surface area (Å²) in [5.74, 6) is 0.190. The third kappa shape index (κ3) is 4.23. The summed E-state index contributed by atoms with van der Waals surface area (Å²) >= 11 is 1.17. The Bertz CT molecular complexity index is 965. The van der Waals surface area contributed by atoms with Gasteiger partial charge in [0.05, 0.1) is 17.7 Å². The highest BCUT2D eigenvalue weighted by Crippen LogP contribution is 2.38. The minimum atomic E-state index is -0.550. The Kier molecular flexibility index (Phi) is 5.10. The van der Waals surface area contributed by atoms with Crippen LogP contribution in [0.25, 0.3) is 6.08 Å². The van der Waals surface area contributed by atoms with Crippen molar-refractivity contribution in [2.45, 2.75) is 26.7 Å². The first-order valence-corrected chi connectivity index (χ1v) is 9.23. The number of anilines is 1. The average molecular weight is 381 g/mol. The molecule has 1 aromatic carbocycles. The SMILES string of the molecule is COc1ccc(/C=C(/C#N)C(=O)Nc2nc3c(s2)C(=O)CC(C)(C)C3)cc1. The van der Waals surface area contributed by atoms with Crippen LogP contribution in [0.2, 0.25) is 0 Å². The first-order valence-electron chi connectivity index (χ1n) is 8.41. The number of nitrogens with one attached hydrogen (secondary N) is 1. The third-order valence-electron chi connectivity index (χ3n) is 4.25. The molecule has 1 aliphatic carbocycles. The highest BCUT2D eigenvalue weighted by molar-refractivity contribution is 7.17. The van der Waals surface area contributed by atoms with E-state index in [1.54, 1.807) is 31.4 Å². The van der Waals surface area contributed by atoms with Crippen LogP contribution in [-0.4, -0.2) is 23.8 Å². The maximum absolute atomic E-state index is 12.4. The zero-order valence-electron chi connectivity index (χ0n) is 15.3. The Hall–Kier alpha value is -2.98. The van der Waals surface area contributed by atoms with Crippen molar-refractivity contribution < 1.29 is 14.3 Å². The van der Waals surface area contributed by atoms with E-state index in [0.717, 1.165) is 0 Å². The molecule has 0 aliphatic heterocycles. The number of thiazole rings is 1. The molecule has 0 bridgehead atoms. The summed E-state index contributed by atoms with van der Waals surface area (Å²) in [6.07, 6.45) is 2.65. The maximum Gasteiger partial charge on any atom is 0.268 e. The molecule has 0 saturated carbocycles. The minimum absolute atomic E-state index is 0.0417. The van der Waals surface area contributed by atoms with Gasteiger partial charge in [-0.15, -0.1) is 0 Å². The Labute approximate surface area is 161 Å². The van der Waals surface area contributed by atoms with Crippen molar-refractivity contribution in [3.8, 4) is 11.8 Å². The number of Topliss-reactive ketones (excluding diaryl/α,β-unsaturated/α-hetero) is 1. The number of hydrogen-bond donors (Lipinski definition) is 1. The Morgan fingerprint density at radius 2 is 2.04 bits per heavy atom. The number of ketones is 1. The number of ether oxygens (including phenoxy) is 1. The molecule has 0 fully saturated rings. The predicted molar refractivity (Wildman–Crippen MR) is 104 cm³/mol. The van der Waals surface area contributed by atoms with Crippen molar-refractivity contribution >= 4 is 34.2 Å². The normalized spacial score (nSPS) is 15.6. The molecule has 0 spiro atoms. The van der Waals surface area contributed by atoms with E-state index in [1.165, 1.54) is 17.4 Å². The number of carbonyl (C=O) groups excluding carboxylic acids is 2. The molecule has 1 aromatic heterocycles. The largest absolute Gasteiger partial charge is 0.497 e. The number of nitrogens with zero attached hydrogens (tertiary/aromatic N) is 2. The molecule has 0 radical (unpaired) electrons. The van der Waals surface area contributed by atoms with E-state index >= 15 is 0 Å². The van der Waals surface area contributed by atoms with Gasteiger partial charge < -0.3 is 4.74 Å². The Balaban J connectivity index is 1.79. The van der Waals surface area contributed by atoms with Crippen molar-refractivity contribution in [3.05, 3.63) is 46.0 Å². The summed E-state index contributed by atoms with van der Waals surface area (Å²) in [6.45, 7) is 4.05. The Morgan fingerprint density at radius 1 is 1.33 bits per heavy atom. The van der Waals surface area contributed by atoms with E-state index in [9.17, 15) is 14.9 Å². The van der Waals surface area contributed by atoms with Crippen molar-refractivity contribution in [3.63, 3.8) is 0 Å². The van der Waals surface area contributed by atoms with Crippen LogP contribution in [0, 0.1) is 16.7 Å². The van der Waals surface area contributed by atoms with Crippen LogP contribution in [-0.2, 0) is 11.2 Å². The molecule has 138 valence electrons. The topological polar surface area (TPSA) is 92.1 Å². The quantitative estimate of drug-likeness (QED) is 0.641. The lowest BCUT2D eigenvalue weighted by atomic mass is 9.78. The van der Waals surface area contributed by atoms with Crippen molar-refractivity contribution in [1.29, 1.82) is 5.26 Å². The van der Waals surface area contributed by atoms with E-state index in [2.05, 4.69) is 10.3 Å². The van der Waals surface area contributed by atoms with Gasteiger partial charge in [-0.25, -0.2) is 4.98 Å². The summed E-state index contributed by atoms with van der Waals surface area (Å²) < 4.78 is 5.09. The van der Waals surface area contributed by atoms with Gasteiger partial charge in [0.15, 0.2) is 10.9 Å². The second-order valence-corrected chi connectivity index (χ2v) is 8.13. The molecule has 7 heteroatoms. The van der Waals surface area contributed by atoms with Crippen LogP contribution in [0.15, 0.2) is 29.8 Å². The van der Waals surface area contributed by atoms with Gasteiger partial charge in [-0.1, -0.05) is 37.3 Å². The lowest BCUT2D eigenvalue weighted by Gasteiger charge is -2.26. The van der Waals surface area contributed by atoms with Crippen molar-refractivity contribution in [2.24, 2.45) is 5.41 Å². The van der Waals surface area contributed by atoms with Crippen LogP contribution in [0.1, 0.15) is 41.2 Å². The maximum atomic E-state index is 12.4. The van der Waals surface area contributed by atoms with Gasteiger partial charge in [0.1, 0.15) is 17.4 Å². The second kappa shape index (κ2) is 7.33. The summed E-state index contributed by atoms with van der Waals surface area (Å²) in [5.41, 5.74) is 1.25. The number of aromatic nitrogens is 1. The molecule has 27 heavy (non-hydrogen) atoms. The molecule has 2 aromatic rings. The molecular formula is C20H19N3O3S. The van der Waals surface area contributed by atoms with Crippen LogP contribution in [0.5, 0.6) is 5.75 Å². The number of amides is 1. The van der Waals surface area contributed by atoms with Gasteiger partial charge in [-0.3, -0.25) is 14.9 Å². The van der Waals surface area contributed by atoms with Crippen LogP contribution >= 0.6 is 11.3 Å².